The summed E-state index contributed by atoms with van der Waals surface area (Å²) in [6, 6.07) is 11.3. The molecule has 0 unspecified atom stereocenters. The summed E-state index contributed by atoms with van der Waals surface area (Å²) >= 11 is 0. The molecule has 0 aliphatic heterocycles. The molecule has 4 rings (SSSR count). The second-order valence-electron chi connectivity index (χ2n) is 8.60. The maximum absolute atomic E-state index is 12.7. The zero-order chi connectivity index (χ0) is 28.9. The summed E-state index contributed by atoms with van der Waals surface area (Å²) < 4.78 is 34.0. The van der Waals surface area contributed by atoms with Crippen molar-refractivity contribution in [2.75, 3.05) is 64.8 Å². The molecule has 0 aliphatic carbocycles. The largest absolute Gasteiger partial charge is 0.490 e. The lowest BCUT2D eigenvalue weighted by atomic mass is 10.2. The van der Waals surface area contributed by atoms with Gasteiger partial charge >= 0.3 is 0 Å². The Bertz CT molecular complexity index is 1450. The third-order valence-electron chi connectivity index (χ3n) is 5.61. The van der Waals surface area contributed by atoms with Gasteiger partial charge < -0.3 is 33.4 Å². The molecule has 1 N–H and O–H groups in total. The fourth-order valence-corrected chi connectivity index (χ4v) is 3.55. The minimum absolute atomic E-state index is 0.225. The van der Waals surface area contributed by atoms with Crippen LogP contribution in [0.2, 0.25) is 0 Å². The second kappa shape index (κ2) is 15.6. The fraction of sp³-hybridized carbons (Fsp3) is 0.393. The zero-order valence-electron chi connectivity index (χ0n) is 23.0. The molecule has 0 bridgehead atoms. The number of pyridine rings is 1. The van der Waals surface area contributed by atoms with Gasteiger partial charge in [0.05, 0.1) is 52.4 Å². The molecule has 0 spiro atoms. The van der Waals surface area contributed by atoms with Gasteiger partial charge in [0.2, 0.25) is 5.89 Å². The molecule has 218 valence electrons. The average Bonchev–Trinajstić information content (AvgIpc) is 3.41. The van der Waals surface area contributed by atoms with Gasteiger partial charge in [0.1, 0.15) is 29.3 Å². The molecule has 13 heteroatoms. The second-order valence-corrected chi connectivity index (χ2v) is 8.60. The van der Waals surface area contributed by atoms with Crippen molar-refractivity contribution in [1.29, 1.82) is 0 Å². The van der Waals surface area contributed by atoms with Crippen LogP contribution >= 0.6 is 0 Å². The van der Waals surface area contributed by atoms with Crippen LogP contribution in [0.5, 0.6) is 5.75 Å². The van der Waals surface area contributed by atoms with Gasteiger partial charge in [-0.15, -0.1) is 0 Å². The number of nitrogens with zero attached hydrogens (tertiary/aromatic N) is 4. The van der Waals surface area contributed by atoms with E-state index in [1.807, 2.05) is 6.92 Å². The maximum Gasteiger partial charge on any atom is 0.274 e. The number of carbonyl (C=O) groups excluding carboxylic acids is 1. The van der Waals surface area contributed by atoms with E-state index < -0.39 is 0 Å². The molecule has 1 amide bonds. The molecule has 0 atom stereocenters. The SMILES string of the molecule is CCOCCOCCOCCOCCOc1ccc(C(=O)Nc2ccc3oc(-c4ccc(=O)n(C)n4)nc3c2)nc1. The van der Waals surface area contributed by atoms with Gasteiger partial charge in [-0.2, -0.15) is 5.10 Å². The van der Waals surface area contributed by atoms with Crippen LogP contribution < -0.4 is 15.6 Å². The summed E-state index contributed by atoms with van der Waals surface area (Å²) in [6.45, 7) is 6.45. The molecule has 4 aromatic rings. The lowest BCUT2D eigenvalue weighted by Crippen LogP contribution is -2.18. The first kappa shape index (κ1) is 29.8. The first-order valence-corrected chi connectivity index (χ1v) is 13.2. The Morgan fingerprint density at radius 3 is 2.27 bits per heavy atom. The molecule has 41 heavy (non-hydrogen) atoms. The van der Waals surface area contributed by atoms with E-state index in [1.54, 1.807) is 43.4 Å². The van der Waals surface area contributed by atoms with Gasteiger partial charge in [0.25, 0.3) is 11.5 Å². The summed E-state index contributed by atoms with van der Waals surface area (Å²) in [7, 11) is 1.55. The van der Waals surface area contributed by atoms with Gasteiger partial charge in [0.15, 0.2) is 5.58 Å². The van der Waals surface area contributed by atoms with Crippen LogP contribution in [0, 0.1) is 0 Å². The number of aromatic nitrogens is 4. The van der Waals surface area contributed by atoms with E-state index in [9.17, 15) is 9.59 Å². The number of rotatable bonds is 17. The van der Waals surface area contributed by atoms with E-state index >= 15 is 0 Å². The molecule has 0 saturated carbocycles. The first-order chi connectivity index (χ1) is 20.0. The Balaban J connectivity index is 1.16. The lowest BCUT2D eigenvalue weighted by Gasteiger charge is -2.09. The summed E-state index contributed by atoms with van der Waals surface area (Å²) in [4.78, 5) is 32.9. The highest BCUT2D eigenvalue weighted by Gasteiger charge is 2.13. The summed E-state index contributed by atoms with van der Waals surface area (Å²) in [6.07, 6.45) is 1.48. The summed E-state index contributed by atoms with van der Waals surface area (Å²) in [5, 5.41) is 6.95. The van der Waals surface area contributed by atoms with Crippen molar-refractivity contribution < 1.29 is 32.9 Å². The van der Waals surface area contributed by atoms with E-state index in [0.717, 1.165) is 0 Å². The van der Waals surface area contributed by atoms with Crippen LogP contribution in [0.1, 0.15) is 17.4 Å². The van der Waals surface area contributed by atoms with Crippen molar-refractivity contribution >= 4 is 22.7 Å². The number of anilines is 1. The van der Waals surface area contributed by atoms with Crippen molar-refractivity contribution in [2.24, 2.45) is 7.05 Å². The van der Waals surface area contributed by atoms with Gasteiger partial charge in [-0.1, -0.05) is 0 Å². The van der Waals surface area contributed by atoms with Crippen LogP contribution in [0.3, 0.4) is 0 Å². The smallest absolute Gasteiger partial charge is 0.274 e. The predicted octanol–water partition coefficient (Wildman–Crippen LogP) is 2.70. The Hall–Kier alpha value is -4.17. The normalized spacial score (nSPS) is 11.2. The van der Waals surface area contributed by atoms with Crippen molar-refractivity contribution in [1.82, 2.24) is 19.7 Å². The number of oxazole rings is 1. The van der Waals surface area contributed by atoms with E-state index in [0.29, 0.717) is 87.7 Å². The minimum atomic E-state index is -0.387. The van der Waals surface area contributed by atoms with E-state index in [2.05, 4.69) is 20.4 Å². The van der Waals surface area contributed by atoms with Crippen LogP contribution in [-0.4, -0.2) is 85.1 Å². The number of aryl methyl sites for hydroxylation is 1. The Kier molecular flexibility index (Phi) is 11.3. The molecule has 3 heterocycles. The molecule has 0 radical (unpaired) electrons. The molecule has 1 aromatic carbocycles. The number of benzene rings is 1. The molecule has 3 aromatic heterocycles. The quantitative estimate of drug-likeness (QED) is 0.188. The first-order valence-electron chi connectivity index (χ1n) is 13.2. The third kappa shape index (κ3) is 9.18. The van der Waals surface area contributed by atoms with E-state index in [1.165, 1.54) is 16.9 Å². The molecular formula is C28H33N5O8. The zero-order valence-corrected chi connectivity index (χ0v) is 23.0. The number of ether oxygens (including phenoxy) is 5. The minimum Gasteiger partial charge on any atom is -0.490 e. The van der Waals surface area contributed by atoms with Crippen molar-refractivity contribution in [3.05, 3.63) is 64.7 Å². The van der Waals surface area contributed by atoms with Crippen LogP contribution in [0.25, 0.3) is 22.7 Å². The van der Waals surface area contributed by atoms with Crippen LogP contribution in [0.15, 0.2) is 57.9 Å². The third-order valence-corrected chi connectivity index (χ3v) is 5.61. The number of amides is 1. The maximum atomic E-state index is 12.7. The Morgan fingerprint density at radius 2 is 1.61 bits per heavy atom. The van der Waals surface area contributed by atoms with Gasteiger partial charge in [-0.05, 0) is 43.3 Å². The number of fused-ring (bicyclic) bond motifs is 1. The Labute approximate surface area is 236 Å². The predicted molar refractivity (Wildman–Crippen MR) is 149 cm³/mol. The van der Waals surface area contributed by atoms with Gasteiger partial charge in [0, 0.05) is 25.4 Å². The molecule has 0 fully saturated rings. The van der Waals surface area contributed by atoms with Crippen molar-refractivity contribution in [3.63, 3.8) is 0 Å². The number of hydrogen-bond acceptors (Lipinski definition) is 11. The molecule has 0 aliphatic rings. The topological polar surface area (TPSA) is 149 Å². The number of carbonyl (C=O) groups is 1. The van der Waals surface area contributed by atoms with Crippen molar-refractivity contribution in [2.45, 2.75) is 6.92 Å². The highest BCUT2D eigenvalue weighted by Crippen LogP contribution is 2.25. The molecule has 0 saturated heterocycles. The highest BCUT2D eigenvalue weighted by molar-refractivity contribution is 6.03. The van der Waals surface area contributed by atoms with Crippen LogP contribution in [-0.2, 0) is 26.0 Å². The molecule has 13 nitrogen and oxygen atoms in total. The van der Waals surface area contributed by atoms with E-state index in [-0.39, 0.29) is 23.1 Å². The lowest BCUT2D eigenvalue weighted by molar-refractivity contribution is -0.00343. The average molecular weight is 568 g/mol. The van der Waals surface area contributed by atoms with E-state index in [4.69, 9.17) is 28.1 Å². The fourth-order valence-electron chi connectivity index (χ4n) is 3.55. The van der Waals surface area contributed by atoms with Crippen LogP contribution in [0.4, 0.5) is 5.69 Å². The van der Waals surface area contributed by atoms with Crippen molar-refractivity contribution in [3.8, 4) is 17.3 Å². The highest BCUT2D eigenvalue weighted by atomic mass is 16.6. The molecular weight excluding hydrogens is 534 g/mol. The summed E-state index contributed by atoms with van der Waals surface area (Å²) in [5.74, 6) is 0.404. The van der Waals surface area contributed by atoms with Gasteiger partial charge in [-0.3, -0.25) is 9.59 Å². The number of nitrogens with one attached hydrogen (secondary N) is 1. The summed E-state index contributed by atoms with van der Waals surface area (Å²) in [5.41, 5.74) is 1.98. The number of hydrogen-bond donors (Lipinski definition) is 1. The van der Waals surface area contributed by atoms with Gasteiger partial charge in [-0.25, -0.2) is 14.6 Å². The standard InChI is InChI=1S/C28H33N5O8/c1-3-36-10-11-37-12-13-38-14-15-39-16-17-40-21-5-6-22(29-19-21)27(35)30-20-4-8-25-24(18-20)31-28(41-25)23-7-9-26(34)33(2)32-23/h4-9,18-19H,3,10-17H2,1-2H3,(H,30,35). The monoisotopic (exact) mass is 567 g/mol. The Morgan fingerprint density at radius 1 is 0.902 bits per heavy atom.